The zero-order valence-electron chi connectivity index (χ0n) is 23.1. The first-order chi connectivity index (χ1) is 21.0. The van der Waals surface area contributed by atoms with Crippen molar-refractivity contribution in [2.45, 2.75) is 13.3 Å². The maximum atomic E-state index is 12.6. The number of amides is 1. The number of nitrogens with one attached hydrogen (secondary N) is 3. The van der Waals surface area contributed by atoms with Gasteiger partial charge >= 0.3 is 0 Å². The van der Waals surface area contributed by atoms with Crippen LogP contribution in [0.5, 0.6) is 0 Å². The van der Waals surface area contributed by atoms with Gasteiger partial charge in [-0.15, -0.1) is 11.3 Å². The summed E-state index contributed by atoms with van der Waals surface area (Å²) in [7, 11) is 0. The molecule has 6 aromatic rings. The predicted octanol–water partition coefficient (Wildman–Crippen LogP) is 6.35. The minimum atomic E-state index is -0.104. The van der Waals surface area contributed by atoms with Gasteiger partial charge in [0.2, 0.25) is 5.91 Å². The van der Waals surface area contributed by atoms with Crippen LogP contribution in [0.25, 0.3) is 32.6 Å². The Morgan fingerprint density at radius 1 is 0.907 bits per heavy atom. The van der Waals surface area contributed by atoms with Gasteiger partial charge in [0, 0.05) is 39.6 Å². The molecule has 0 aliphatic carbocycles. The Balaban J connectivity index is 1.19. The first kappa shape index (κ1) is 26.4. The minimum absolute atomic E-state index is 0.0332. The SMILES string of the molecule is CC(=O)c1ccc(-c2cncc3[nH]c(C4=NCNc5ccc(-c6cncc(NC(=O)Cc7ccccc7)c6)cc54)nc23)s1. The lowest BCUT2D eigenvalue weighted by Gasteiger charge is -2.18. The summed E-state index contributed by atoms with van der Waals surface area (Å²) in [5.74, 6) is 0.562. The Bertz CT molecular complexity index is 2050. The van der Waals surface area contributed by atoms with Gasteiger partial charge in [0.15, 0.2) is 11.6 Å². The summed E-state index contributed by atoms with van der Waals surface area (Å²) < 4.78 is 0. The maximum Gasteiger partial charge on any atom is 0.228 e. The fraction of sp³-hybridized carbons (Fsp3) is 0.0909. The monoisotopic (exact) mass is 583 g/mol. The molecule has 1 aliphatic heterocycles. The lowest BCUT2D eigenvalue weighted by molar-refractivity contribution is -0.115. The van der Waals surface area contributed by atoms with E-state index in [4.69, 9.17) is 9.98 Å². The number of fused-ring (bicyclic) bond motifs is 2. The number of hydrogen-bond acceptors (Lipinski definition) is 8. The molecule has 5 heterocycles. The molecule has 0 radical (unpaired) electrons. The highest BCUT2D eigenvalue weighted by atomic mass is 32.1. The van der Waals surface area contributed by atoms with Crippen molar-refractivity contribution in [2.24, 2.45) is 4.99 Å². The summed E-state index contributed by atoms with van der Waals surface area (Å²) in [6.07, 6.45) is 7.23. The Morgan fingerprint density at radius 2 is 1.77 bits per heavy atom. The standard InChI is InChI=1S/C33H25N7O2S/c1-19(41)28-9-10-29(43-28)25-16-35-17-27-31(25)40-33(39-27)32-24-13-21(7-8-26(24)36-18-37-32)22-12-23(15-34-14-22)38-30(42)11-20-5-3-2-4-6-20/h2-10,12-17,36H,11,18H2,1H3,(H,38,42)(H,39,40). The summed E-state index contributed by atoms with van der Waals surface area (Å²) in [4.78, 5) is 48.1. The van der Waals surface area contributed by atoms with Gasteiger partial charge in [-0.05, 0) is 48.4 Å². The number of aromatic nitrogens is 4. The molecule has 0 bridgehead atoms. The molecular weight excluding hydrogens is 558 g/mol. The van der Waals surface area contributed by atoms with Crippen LogP contribution in [0.3, 0.4) is 0 Å². The highest BCUT2D eigenvalue weighted by molar-refractivity contribution is 7.17. The molecule has 4 aromatic heterocycles. The molecular formula is C33H25N7O2S. The van der Waals surface area contributed by atoms with Crippen molar-refractivity contribution >= 4 is 51.1 Å². The lowest BCUT2D eigenvalue weighted by Crippen LogP contribution is -2.17. The van der Waals surface area contributed by atoms with Crippen LogP contribution in [0.2, 0.25) is 0 Å². The molecule has 0 unspecified atom stereocenters. The van der Waals surface area contributed by atoms with E-state index < -0.39 is 0 Å². The van der Waals surface area contributed by atoms with Crippen LogP contribution in [-0.2, 0) is 11.2 Å². The number of aromatic amines is 1. The zero-order valence-corrected chi connectivity index (χ0v) is 23.9. The molecule has 2 aromatic carbocycles. The number of carbonyl (C=O) groups is 2. The molecule has 0 saturated carbocycles. The third kappa shape index (κ3) is 5.31. The molecule has 7 rings (SSSR count). The number of benzene rings is 2. The second kappa shape index (κ2) is 11.1. The van der Waals surface area contributed by atoms with Gasteiger partial charge in [-0.25, -0.2) is 4.98 Å². The first-order valence-electron chi connectivity index (χ1n) is 13.7. The predicted molar refractivity (Wildman–Crippen MR) is 170 cm³/mol. The van der Waals surface area contributed by atoms with Gasteiger partial charge in [-0.1, -0.05) is 36.4 Å². The molecule has 43 heavy (non-hydrogen) atoms. The van der Waals surface area contributed by atoms with E-state index in [9.17, 15) is 9.59 Å². The molecule has 9 nitrogen and oxygen atoms in total. The number of ketones is 1. The summed E-state index contributed by atoms with van der Waals surface area (Å²) in [6.45, 7) is 1.98. The Labute approximate surface area is 250 Å². The van der Waals surface area contributed by atoms with Crippen molar-refractivity contribution in [2.75, 3.05) is 17.3 Å². The van der Waals surface area contributed by atoms with E-state index in [-0.39, 0.29) is 18.1 Å². The molecule has 10 heteroatoms. The number of nitrogens with zero attached hydrogens (tertiary/aromatic N) is 4. The smallest absolute Gasteiger partial charge is 0.228 e. The number of H-pyrrole nitrogens is 1. The second-order valence-corrected chi connectivity index (χ2v) is 11.2. The van der Waals surface area contributed by atoms with E-state index in [1.54, 1.807) is 31.7 Å². The van der Waals surface area contributed by atoms with E-state index in [1.165, 1.54) is 11.3 Å². The third-order valence-corrected chi connectivity index (χ3v) is 8.40. The highest BCUT2D eigenvalue weighted by Crippen LogP contribution is 2.34. The van der Waals surface area contributed by atoms with Crippen LogP contribution < -0.4 is 10.6 Å². The Hall–Kier alpha value is -5.48. The van der Waals surface area contributed by atoms with Gasteiger partial charge in [0.05, 0.1) is 34.9 Å². The average molecular weight is 584 g/mol. The molecule has 0 atom stereocenters. The number of imidazole rings is 1. The molecule has 0 fully saturated rings. The fourth-order valence-electron chi connectivity index (χ4n) is 5.12. The van der Waals surface area contributed by atoms with Crippen LogP contribution in [0.4, 0.5) is 11.4 Å². The minimum Gasteiger partial charge on any atom is -0.366 e. The number of rotatable bonds is 7. The van der Waals surface area contributed by atoms with Crippen LogP contribution in [0.1, 0.15) is 33.5 Å². The Morgan fingerprint density at radius 3 is 2.60 bits per heavy atom. The highest BCUT2D eigenvalue weighted by Gasteiger charge is 2.21. The van der Waals surface area contributed by atoms with E-state index in [0.29, 0.717) is 23.1 Å². The number of hydrogen-bond donors (Lipinski definition) is 3. The number of Topliss-reactive ketones (excluding diaryl/α,β-unsaturated/α-hetero) is 1. The van der Waals surface area contributed by atoms with Crippen LogP contribution in [0, 0.1) is 0 Å². The van der Waals surface area contributed by atoms with Gasteiger partial charge < -0.3 is 15.6 Å². The van der Waals surface area contributed by atoms with Crippen molar-refractivity contribution < 1.29 is 9.59 Å². The molecule has 0 saturated heterocycles. The zero-order chi connectivity index (χ0) is 29.3. The van der Waals surface area contributed by atoms with E-state index in [0.717, 1.165) is 55.1 Å². The van der Waals surface area contributed by atoms with Crippen molar-refractivity contribution in [3.63, 3.8) is 0 Å². The van der Waals surface area contributed by atoms with Crippen molar-refractivity contribution in [3.8, 4) is 21.6 Å². The summed E-state index contributed by atoms with van der Waals surface area (Å²) in [5, 5.41) is 6.30. The topological polar surface area (TPSA) is 125 Å². The summed E-state index contributed by atoms with van der Waals surface area (Å²) >= 11 is 1.43. The van der Waals surface area contributed by atoms with E-state index >= 15 is 0 Å². The van der Waals surface area contributed by atoms with Crippen molar-refractivity contribution in [1.82, 2.24) is 19.9 Å². The lowest BCUT2D eigenvalue weighted by atomic mass is 9.99. The number of anilines is 2. The van der Waals surface area contributed by atoms with Crippen LogP contribution >= 0.6 is 11.3 Å². The van der Waals surface area contributed by atoms with Crippen molar-refractivity contribution in [1.29, 1.82) is 0 Å². The maximum absolute atomic E-state index is 12.6. The summed E-state index contributed by atoms with van der Waals surface area (Å²) in [5.41, 5.74) is 8.34. The van der Waals surface area contributed by atoms with Gasteiger partial charge in [0.25, 0.3) is 0 Å². The number of aliphatic imine (C=N–C) groups is 1. The van der Waals surface area contributed by atoms with Crippen LogP contribution in [0.15, 0.2) is 96.5 Å². The molecule has 210 valence electrons. The number of thiophene rings is 1. The average Bonchev–Trinajstić information content (AvgIpc) is 3.69. The second-order valence-electron chi connectivity index (χ2n) is 10.2. The van der Waals surface area contributed by atoms with Gasteiger partial charge in [0.1, 0.15) is 17.9 Å². The summed E-state index contributed by atoms with van der Waals surface area (Å²) in [6, 6.07) is 21.4. The van der Waals surface area contributed by atoms with Gasteiger partial charge in [-0.2, -0.15) is 0 Å². The molecule has 0 spiro atoms. The largest absolute Gasteiger partial charge is 0.366 e. The number of pyridine rings is 2. The third-order valence-electron chi connectivity index (χ3n) is 7.18. The van der Waals surface area contributed by atoms with E-state index in [2.05, 4.69) is 31.7 Å². The first-order valence-corrected chi connectivity index (χ1v) is 14.5. The van der Waals surface area contributed by atoms with Crippen molar-refractivity contribution in [3.05, 3.63) is 113 Å². The number of carbonyl (C=O) groups excluding carboxylic acids is 2. The Kier molecular flexibility index (Phi) is 6.80. The molecule has 3 N–H and O–H groups in total. The van der Waals surface area contributed by atoms with E-state index in [1.807, 2.05) is 60.7 Å². The normalized spacial score (nSPS) is 12.3. The van der Waals surface area contributed by atoms with Crippen LogP contribution in [-0.4, -0.2) is 44.0 Å². The quantitative estimate of drug-likeness (QED) is 0.188. The fourth-order valence-corrected chi connectivity index (χ4v) is 6.03. The molecule has 1 amide bonds. The molecule has 1 aliphatic rings. The van der Waals surface area contributed by atoms with Gasteiger partial charge in [-0.3, -0.25) is 24.5 Å².